The molecule has 1 heterocycles. The molecule has 2 N–H and O–H groups in total. The van der Waals surface area contributed by atoms with E-state index in [2.05, 4.69) is 0 Å². The number of nitrogen functional groups attached to an aromatic ring is 1. The molecule has 0 aromatic heterocycles. The van der Waals surface area contributed by atoms with Crippen LogP contribution in [0.25, 0.3) is 12.2 Å². The lowest BCUT2D eigenvalue weighted by Gasteiger charge is -2.12. The number of epoxide rings is 1. The number of hydrogen-bond acceptors (Lipinski definition) is 5. The van der Waals surface area contributed by atoms with Crippen LogP contribution in [0.2, 0.25) is 0 Å². The van der Waals surface area contributed by atoms with Gasteiger partial charge in [-0.2, -0.15) is 0 Å². The highest BCUT2D eigenvalue weighted by Gasteiger charge is 2.26. The summed E-state index contributed by atoms with van der Waals surface area (Å²) in [5.74, 6) is 1.82. The van der Waals surface area contributed by atoms with Gasteiger partial charge in [0.2, 0.25) is 5.75 Å². The Bertz CT molecular complexity index is 741. The molecule has 0 saturated carbocycles. The molecule has 0 amide bonds. The quantitative estimate of drug-likeness (QED) is 0.499. The van der Waals surface area contributed by atoms with Crippen LogP contribution in [-0.4, -0.2) is 27.9 Å². The van der Waals surface area contributed by atoms with E-state index in [0.717, 1.165) is 29.0 Å². The van der Waals surface area contributed by atoms with Crippen LogP contribution >= 0.6 is 0 Å². The van der Waals surface area contributed by atoms with Gasteiger partial charge < -0.3 is 24.7 Å². The standard InChI is InChI=1S/C19H21NO4/c1-21-16-9-13(10-17(22-2)19(16)23-3)5-4-12-6-7-14(15(20)8-12)18-11-24-18/h4-10,18H,11,20H2,1-3H3/b5-4-. The molecular formula is C19H21NO4. The molecule has 5 nitrogen and oxygen atoms in total. The smallest absolute Gasteiger partial charge is 0.203 e. The van der Waals surface area contributed by atoms with E-state index in [0.29, 0.717) is 17.2 Å². The van der Waals surface area contributed by atoms with Crippen molar-refractivity contribution in [3.8, 4) is 17.2 Å². The van der Waals surface area contributed by atoms with Crippen molar-refractivity contribution in [3.63, 3.8) is 0 Å². The molecule has 5 heteroatoms. The highest BCUT2D eigenvalue weighted by atomic mass is 16.6. The summed E-state index contributed by atoms with van der Waals surface area (Å²) in [4.78, 5) is 0. The summed E-state index contributed by atoms with van der Waals surface area (Å²) in [5.41, 5.74) is 9.86. The maximum atomic E-state index is 6.09. The minimum atomic E-state index is 0.165. The summed E-state index contributed by atoms with van der Waals surface area (Å²) in [5, 5.41) is 0. The largest absolute Gasteiger partial charge is 0.493 e. The maximum absolute atomic E-state index is 6.09. The summed E-state index contributed by atoms with van der Waals surface area (Å²) in [7, 11) is 4.79. The van der Waals surface area contributed by atoms with E-state index in [1.807, 2.05) is 42.5 Å². The Kier molecular flexibility index (Phi) is 4.62. The summed E-state index contributed by atoms with van der Waals surface area (Å²) in [6.45, 7) is 0.755. The molecule has 1 saturated heterocycles. The molecule has 1 atom stereocenters. The number of rotatable bonds is 6. The van der Waals surface area contributed by atoms with E-state index >= 15 is 0 Å². The van der Waals surface area contributed by atoms with Crippen molar-refractivity contribution in [1.82, 2.24) is 0 Å². The second kappa shape index (κ2) is 6.84. The average molecular weight is 327 g/mol. The SMILES string of the molecule is COc1cc(/C=C\c2ccc(C3CO3)c(N)c2)cc(OC)c1OC. The Morgan fingerprint density at radius 3 is 2.08 bits per heavy atom. The topological polar surface area (TPSA) is 66.2 Å². The first-order valence-corrected chi connectivity index (χ1v) is 7.65. The molecule has 1 unspecified atom stereocenters. The Labute approximate surface area is 141 Å². The van der Waals surface area contributed by atoms with Gasteiger partial charge in [-0.05, 0) is 29.3 Å². The second-order valence-corrected chi connectivity index (χ2v) is 5.50. The van der Waals surface area contributed by atoms with Crippen molar-refractivity contribution in [1.29, 1.82) is 0 Å². The minimum Gasteiger partial charge on any atom is -0.493 e. The van der Waals surface area contributed by atoms with Crippen LogP contribution in [-0.2, 0) is 4.74 Å². The van der Waals surface area contributed by atoms with Gasteiger partial charge in [0.05, 0.1) is 27.9 Å². The van der Waals surface area contributed by atoms with Crippen LogP contribution < -0.4 is 19.9 Å². The predicted octanol–water partition coefficient (Wildman–Crippen LogP) is 3.54. The number of ether oxygens (including phenoxy) is 4. The first-order chi connectivity index (χ1) is 11.7. The number of hydrogen-bond donors (Lipinski definition) is 1. The van der Waals surface area contributed by atoms with Gasteiger partial charge in [0, 0.05) is 11.3 Å². The Morgan fingerprint density at radius 1 is 0.958 bits per heavy atom. The summed E-state index contributed by atoms with van der Waals surface area (Å²) in [6, 6.07) is 9.79. The normalized spacial score (nSPS) is 16.2. The molecule has 24 heavy (non-hydrogen) atoms. The minimum absolute atomic E-state index is 0.165. The van der Waals surface area contributed by atoms with E-state index in [1.165, 1.54) is 0 Å². The summed E-state index contributed by atoms with van der Waals surface area (Å²) < 4.78 is 21.3. The van der Waals surface area contributed by atoms with Gasteiger partial charge in [-0.25, -0.2) is 0 Å². The van der Waals surface area contributed by atoms with Gasteiger partial charge in [0.1, 0.15) is 6.10 Å². The van der Waals surface area contributed by atoms with E-state index in [4.69, 9.17) is 24.7 Å². The Hall–Kier alpha value is -2.66. The van der Waals surface area contributed by atoms with Crippen LogP contribution in [0, 0.1) is 0 Å². The van der Waals surface area contributed by atoms with Crippen molar-refractivity contribution < 1.29 is 18.9 Å². The molecule has 3 rings (SSSR count). The Balaban J connectivity index is 1.87. The van der Waals surface area contributed by atoms with Crippen LogP contribution in [0.3, 0.4) is 0 Å². The molecular weight excluding hydrogens is 306 g/mol. The van der Waals surface area contributed by atoms with E-state index < -0.39 is 0 Å². The fraction of sp³-hybridized carbons (Fsp3) is 0.263. The summed E-state index contributed by atoms with van der Waals surface area (Å²) >= 11 is 0. The molecule has 0 spiro atoms. The Morgan fingerprint density at radius 2 is 1.58 bits per heavy atom. The highest BCUT2D eigenvalue weighted by Crippen LogP contribution is 2.39. The monoisotopic (exact) mass is 327 g/mol. The zero-order valence-corrected chi connectivity index (χ0v) is 14.0. The van der Waals surface area contributed by atoms with Gasteiger partial charge in [0.15, 0.2) is 11.5 Å². The lowest BCUT2D eigenvalue weighted by molar-refractivity contribution is 0.324. The molecule has 0 bridgehead atoms. The van der Waals surface area contributed by atoms with Crippen molar-refractivity contribution in [2.45, 2.75) is 6.10 Å². The zero-order chi connectivity index (χ0) is 17.1. The van der Waals surface area contributed by atoms with Gasteiger partial charge in [-0.15, -0.1) is 0 Å². The number of methoxy groups -OCH3 is 3. The predicted molar refractivity (Wildman–Crippen MR) is 94.6 cm³/mol. The molecule has 0 radical (unpaired) electrons. The lowest BCUT2D eigenvalue weighted by Crippen LogP contribution is -1.95. The van der Waals surface area contributed by atoms with E-state index in [1.54, 1.807) is 21.3 Å². The average Bonchev–Trinajstić information content (AvgIpc) is 3.43. The molecule has 2 aromatic rings. The lowest BCUT2D eigenvalue weighted by atomic mass is 10.1. The molecule has 1 fully saturated rings. The third-order valence-corrected chi connectivity index (χ3v) is 3.95. The van der Waals surface area contributed by atoms with Gasteiger partial charge >= 0.3 is 0 Å². The third-order valence-electron chi connectivity index (χ3n) is 3.95. The number of benzene rings is 2. The highest BCUT2D eigenvalue weighted by molar-refractivity contribution is 5.74. The molecule has 0 aliphatic carbocycles. The van der Waals surface area contributed by atoms with Crippen LogP contribution in [0.15, 0.2) is 30.3 Å². The van der Waals surface area contributed by atoms with Crippen molar-refractivity contribution in [3.05, 3.63) is 47.0 Å². The van der Waals surface area contributed by atoms with E-state index in [-0.39, 0.29) is 6.10 Å². The van der Waals surface area contributed by atoms with Gasteiger partial charge in [-0.1, -0.05) is 24.3 Å². The fourth-order valence-corrected chi connectivity index (χ4v) is 2.61. The van der Waals surface area contributed by atoms with Gasteiger partial charge in [0.25, 0.3) is 0 Å². The fourth-order valence-electron chi connectivity index (χ4n) is 2.61. The molecule has 2 aromatic carbocycles. The number of nitrogens with two attached hydrogens (primary N) is 1. The zero-order valence-electron chi connectivity index (χ0n) is 14.0. The van der Waals surface area contributed by atoms with Crippen molar-refractivity contribution >= 4 is 17.8 Å². The maximum Gasteiger partial charge on any atom is 0.203 e. The van der Waals surface area contributed by atoms with E-state index in [9.17, 15) is 0 Å². The second-order valence-electron chi connectivity index (χ2n) is 5.50. The van der Waals surface area contributed by atoms with Crippen LogP contribution in [0.1, 0.15) is 22.8 Å². The van der Waals surface area contributed by atoms with Crippen molar-refractivity contribution in [2.24, 2.45) is 0 Å². The first-order valence-electron chi connectivity index (χ1n) is 7.65. The van der Waals surface area contributed by atoms with Crippen molar-refractivity contribution in [2.75, 3.05) is 33.7 Å². The number of anilines is 1. The molecule has 126 valence electrons. The van der Waals surface area contributed by atoms with Crippen LogP contribution in [0.4, 0.5) is 5.69 Å². The third kappa shape index (κ3) is 3.31. The van der Waals surface area contributed by atoms with Gasteiger partial charge in [-0.3, -0.25) is 0 Å². The molecule has 1 aliphatic rings. The summed E-state index contributed by atoms with van der Waals surface area (Å²) in [6.07, 6.45) is 4.14. The van der Waals surface area contributed by atoms with Crippen LogP contribution in [0.5, 0.6) is 17.2 Å². The first kappa shape index (κ1) is 16.2. The molecule has 1 aliphatic heterocycles.